The number of aromatic nitrogens is 2. The Labute approximate surface area is 152 Å². The second-order valence-corrected chi connectivity index (χ2v) is 7.69. The van der Waals surface area contributed by atoms with E-state index in [0.717, 1.165) is 72.7 Å². The summed E-state index contributed by atoms with van der Waals surface area (Å²) in [5.74, 6) is -0.0227. The fourth-order valence-electron chi connectivity index (χ4n) is 3.15. The van der Waals surface area contributed by atoms with E-state index in [1.54, 1.807) is 6.07 Å². The summed E-state index contributed by atoms with van der Waals surface area (Å²) in [5, 5.41) is 6.00. The molecule has 125 valence electrons. The minimum absolute atomic E-state index is 0.0227. The van der Waals surface area contributed by atoms with Crippen molar-refractivity contribution < 1.29 is 4.39 Å². The van der Waals surface area contributed by atoms with Gasteiger partial charge < -0.3 is 0 Å². The number of hydrogen-bond donors (Lipinski definition) is 0. The van der Waals surface area contributed by atoms with Crippen LogP contribution in [0.25, 0.3) is 10.9 Å². The van der Waals surface area contributed by atoms with E-state index in [1.807, 2.05) is 4.68 Å². The Bertz CT molecular complexity index is 649. The molecular weight excluding hydrogens is 394 g/mol. The Morgan fingerprint density at radius 3 is 2.22 bits per heavy atom. The van der Waals surface area contributed by atoms with Crippen LogP contribution in [0.15, 0.2) is 6.07 Å². The summed E-state index contributed by atoms with van der Waals surface area (Å²) in [6.45, 7) is 7.44. The molecule has 4 heteroatoms. The van der Waals surface area contributed by atoms with E-state index in [9.17, 15) is 4.39 Å². The number of aryl methyl sites for hydroxylation is 2. The monoisotopic (exact) mass is 423 g/mol. The fraction of sp³-hybridized carbons (Fsp3) is 0.632. The molecule has 0 amide bonds. The first kappa shape index (κ1) is 18.8. The normalized spacial score (nSPS) is 11.5. The summed E-state index contributed by atoms with van der Waals surface area (Å²) < 4.78 is 18.0. The Balaban J connectivity index is 2.57. The summed E-state index contributed by atoms with van der Waals surface area (Å²) in [4.78, 5) is 0. The van der Waals surface area contributed by atoms with Crippen LogP contribution in [0.5, 0.6) is 0 Å². The van der Waals surface area contributed by atoms with Crippen LogP contribution >= 0.6 is 0 Å². The summed E-state index contributed by atoms with van der Waals surface area (Å²) in [6.07, 6.45) is 8.47. The van der Waals surface area contributed by atoms with Gasteiger partial charge in [0.05, 0.1) is 0 Å². The predicted molar refractivity (Wildman–Crippen MR) is 97.2 cm³/mol. The van der Waals surface area contributed by atoms with Gasteiger partial charge in [-0.2, -0.15) is 0 Å². The Kier molecular flexibility index (Phi) is 7.38. The first-order valence-corrected chi connectivity index (χ1v) is 10.5. The minimum atomic E-state index is -0.0227. The molecular formula is C19H28FN2Sn. The molecule has 3 radical (unpaired) electrons. The van der Waals surface area contributed by atoms with Crippen molar-refractivity contribution >= 4 is 37.1 Å². The molecule has 0 spiro atoms. The average molecular weight is 422 g/mol. The van der Waals surface area contributed by atoms with Gasteiger partial charge in [-0.25, -0.2) is 0 Å². The van der Waals surface area contributed by atoms with Gasteiger partial charge in [-0.05, 0) is 0 Å². The molecule has 0 saturated heterocycles. The summed E-state index contributed by atoms with van der Waals surface area (Å²) >= 11 is 1.33. The third kappa shape index (κ3) is 4.28. The van der Waals surface area contributed by atoms with Crippen LogP contribution in [-0.2, 0) is 19.4 Å². The summed E-state index contributed by atoms with van der Waals surface area (Å²) in [6, 6.07) is 1.74. The van der Waals surface area contributed by atoms with Gasteiger partial charge in [-0.15, -0.1) is 0 Å². The first-order chi connectivity index (χ1) is 11.1. The van der Waals surface area contributed by atoms with Crippen molar-refractivity contribution in [1.29, 1.82) is 0 Å². The fourth-order valence-corrected chi connectivity index (χ4v) is 4.29. The number of fused-ring (bicyclic) bond motifs is 1. The molecule has 2 aromatic rings. The molecule has 1 heterocycles. The maximum absolute atomic E-state index is 14.8. The van der Waals surface area contributed by atoms with E-state index in [-0.39, 0.29) is 5.82 Å². The number of rotatable bonds is 9. The van der Waals surface area contributed by atoms with Crippen LogP contribution in [0, 0.1) is 5.82 Å². The van der Waals surface area contributed by atoms with E-state index >= 15 is 0 Å². The van der Waals surface area contributed by atoms with Crippen molar-refractivity contribution in [3.05, 3.63) is 23.0 Å². The molecule has 0 aliphatic rings. The molecule has 0 saturated carbocycles. The van der Waals surface area contributed by atoms with Gasteiger partial charge in [0.15, 0.2) is 0 Å². The van der Waals surface area contributed by atoms with E-state index in [1.165, 1.54) is 33.5 Å². The maximum atomic E-state index is 14.8. The van der Waals surface area contributed by atoms with Crippen molar-refractivity contribution in [2.45, 2.75) is 78.7 Å². The standard InChI is InChI=1S/C19H28FN2.Sn/c1-4-7-10-15-16(11-8-5-2)18(20)13-19-17(15)14-21-22(19)12-9-6-3;/h13H,4-12H2,1-3H3;. The third-order valence-electron chi connectivity index (χ3n) is 4.49. The average Bonchev–Trinajstić information content (AvgIpc) is 2.85. The van der Waals surface area contributed by atoms with Gasteiger partial charge in [0.2, 0.25) is 0 Å². The third-order valence-corrected chi connectivity index (χ3v) is 5.49. The number of halogens is 1. The predicted octanol–water partition coefficient (Wildman–Crippen LogP) is 4.45. The molecule has 0 fully saturated rings. The van der Waals surface area contributed by atoms with Crippen LogP contribution in [0.3, 0.4) is 0 Å². The van der Waals surface area contributed by atoms with Crippen molar-refractivity contribution in [3.63, 3.8) is 0 Å². The Morgan fingerprint density at radius 2 is 1.61 bits per heavy atom. The molecule has 2 rings (SSSR count). The molecule has 2 nitrogen and oxygen atoms in total. The molecule has 23 heavy (non-hydrogen) atoms. The van der Waals surface area contributed by atoms with Gasteiger partial charge in [-0.3, -0.25) is 0 Å². The number of hydrogen-bond acceptors (Lipinski definition) is 1. The number of nitrogens with zero attached hydrogens (tertiary/aromatic N) is 2. The molecule has 0 N–H and O–H groups in total. The van der Waals surface area contributed by atoms with Crippen LogP contribution in [0.4, 0.5) is 4.39 Å². The van der Waals surface area contributed by atoms with Crippen molar-refractivity contribution in [3.8, 4) is 0 Å². The van der Waals surface area contributed by atoms with Gasteiger partial charge >= 0.3 is 153 Å². The van der Waals surface area contributed by atoms with Crippen molar-refractivity contribution in [1.82, 2.24) is 9.78 Å². The van der Waals surface area contributed by atoms with Gasteiger partial charge in [0.25, 0.3) is 0 Å². The van der Waals surface area contributed by atoms with Gasteiger partial charge in [-0.1, -0.05) is 0 Å². The number of unbranched alkanes of at least 4 members (excludes halogenated alkanes) is 3. The van der Waals surface area contributed by atoms with Crippen LogP contribution in [-0.4, -0.2) is 32.3 Å². The van der Waals surface area contributed by atoms with E-state index in [2.05, 4.69) is 20.8 Å². The second kappa shape index (κ2) is 9.05. The zero-order valence-corrected chi connectivity index (χ0v) is 17.6. The summed E-state index contributed by atoms with van der Waals surface area (Å²) in [7, 11) is 0. The zero-order chi connectivity index (χ0) is 16.8. The van der Waals surface area contributed by atoms with E-state index in [0.29, 0.717) is 0 Å². The molecule has 0 atom stereocenters. The second-order valence-electron chi connectivity index (χ2n) is 6.34. The molecule has 0 unspecified atom stereocenters. The summed E-state index contributed by atoms with van der Waals surface area (Å²) in [5.41, 5.74) is 3.20. The first-order valence-electron chi connectivity index (χ1n) is 9.06. The van der Waals surface area contributed by atoms with Crippen LogP contribution in [0.1, 0.15) is 70.4 Å². The molecule has 1 aromatic heterocycles. The Morgan fingerprint density at radius 1 is 1.00 bits per heavy atom. The van der Waals surface area contributed by atoms with Crippen LogP contribution in [0.2, 0.25) is 0 Å². The molecule has 0 bridgehead atoms. The topological polar surface area (TPSA) is 17.8 Å². The van der Waals surface area contributed by atoms with E-state index in [4.69, 9.17) is 5.10 Å². The Hall–Kier alpha value is -0.581. The molecule has 1 aromatic carbocycles. The quantitative estimate of drug-likeness (QED) is 0.546. The van der Waals surface area contributed by atoms with E-state index < -0.39 is 0 Å². The van der Waals surface area contributed by atoms with Gasteiger partial charge in [0, 0.05) is 0 Å². The van der Waals surface area contributed by atoms with Gasteiger partial charge in [0.1, 0.15) is 0 Å². The van der Waals surface area contributed by atoms with Crippen molar-refractivity contribution in [2.24, 2.45) is 0 Å². The SMILES string of the molecule is CCCCc1c(F)cc2c([c]([Sn])nn2CCCC)c1CCCC. The zero-order valence-electron chi connectivity index (χ0n) is 14.7. The number of benzene rings is 1. The molecule has 0 aliphatic carbocycles. The molecule has 0 aliphatic heterocycles. The van der Waals surface area contributed by atoms with Crippen LogP contribution < -0.4 is 3.71 Å². The van der Waals surface area contributed by atoms with Crippen molar-refractivity contribution in [2.75, 3.05) is 0 Å².